The maximum absolute atomic E-state index is 11.8. The van der Waals surface area contributed by atoms with Crippen molar-refractivity contribution >= 4 is 44.5 Å². The van der Waals surface area contributed by atoms with E-state index in [1.807, 2.05) is 23.8 Å². The summed E-state index contributed by atoms with van der Waals surface area (Å²) in [5, 5.41) is 16.5. The summed E-state index contributed by atoms with van der Waals surface area (Å²) in [6.45, 7) is 2.18. The number of aliphatic hydroxyl groups is 1. The topological polar surface area (TPSA) is 49.3 Å². The lowest BCUT2D eigenvalue weighted by molar-refractivity contribution is 0.0921. The molecule has 0 fully saturated rings. The van der Waals surface area contributed by atoms with Gasteiger partial charge in [-0.05, 0) is 45.9 Å². The quantitative estimate of drug-likeness (QED) is 0.892. The molecule has 0 aliphatic rings. The van der Waals surface area contributed by atoms with Crippen LogP contribution < -0.4 is 5.32 Å². The van der Waals surface area contributed by atoms with Crippen molar-refractivity contribution in [2.24, 2.45) is 0 Å². The van der Waals surface area contributed by atoms with Crippen LogP contribution in [0.3, 0.4) is 0 Å². The van der Waals surface area contributed by atoms with Crippen molar-refractivity contribution in [1.29, 1.82) is 0 Å². The second-order valence-corrected chi connectivity index (χ2v) is 6.60. The van der Waals surface area contributed by atoms with E-state index in [1.165, 1.54) is 22.7 Å². The number of thiophene rings is 2. The third-order valence-electron chi connectivity index (χ3n) is 2.45. The van der Waals surface area contributed by atoms with Gasteiger partial charge in [0.2, 0.25) is 0 Å². The molecule has 0 aliphatic carbocycles. The summed E-state index contributed by atoms with van der Waals surface area (Å²) in [6.07, 6.45) is -0.641. The molecule has 2 aromatic rings. The molecule has 0 saturated heterocycles. The second kappa shape index (κ2) is 5.97. The summed E-state index contributed by atoms with van der Waals surface area (Å²) in [7, 11) is 0. The third-order valence-corrected chi connectivity index (χ3v) is 5.26. The van der Waals surface area contributed by atoms with Gasteiger partial charge in [-0.15, -0.1) is 22.7 Å². The fourth-order valence-electron chi connectivity index (χ4n) is 1.53. The van der Waals surface area contributed by atoms with Gasteiger partial charge < -0.3 is 10.4 Å². The lowest BCUT2D eigenvalue weighted by Gasteiger charge is -2.10. The number of rotatable bonds is 4. The van der Waals surface area contributed by atoms with Crippen molar-refractivity contribution in [3.63, 3.8) is 0 Å². The smallest absolute Gasteiger partial charge is 0.261 e. The van der Waals surface area contributed by atoms with Gasteiger partial charge in [-0.25, -0.2) is 0 Å². The Morgan fingerprint density at radius 3 is 2.89 bits per heavy atom. The molecule has 1 amide bonds. The van der Waals surface area contributed by atoms with Crippen LogP contribution in [0.1, 0.15) is 26.2 Å². The number of hydrogen-bond acceptors (Lipinski definition) is 4. The van der Waals surface area contributed by atoms with Crippen LogP contribution in [0.4, 0.5) is 0 Å². The van der Waals surface area contributed by atoms with Gasteiger partial charge in [0.1, 0.15) is 6.10 Å². The summed E-state index contributed by atoms with van der Waals surface area (Å²) in [4.78, 5) is 13.3. The number of carbonyl (C=O) groups excluding carboxylic acids is 1. The largest absolute Gasteiger partial charge is 0.386 e. The molecule has 2 heterocycles. The molecular formula is C12H12BrNO2S2. The molecule has 0 radical (unpaired) electrons. The minimum Gasteiger partial charge on any atom is -0.386 e. The van der Waals surface area contributed by atoms with E-state index in [9.17, 15) is 9.90 Å². The van der Waals surface area contributed by atoms with Gasteiger partial charge in [0, 0.05) is 21.3 Å². The van der Waals surface area contributed by atoms with Crippen LogP contribution in [0.25, 0.3) is 0 Å². The van der Waals surface area contributed by atoms with Crippen LogP contribution in [-0.4, -0.2) is 17.6 Å². The molecule has 2 aromatic heterocycles. The third kappa shape index (κ3) is 3.20. The van der Waals surface area contributed by atoms with Gasteiger partial charge in [-0.3, -0.25) is 4.79 Å². The maximum Gasteiger partial charge on any atom is 0.261 e. The lowest BCUT2D eigenvalue weighted by Crippen LogP contribution is -2.27. The van der Waals surface area contributed by atoms with E-state index in [2.05, 4.69) is 21.2 Å². The van der Waals surface area contributed by atoms with Gasteiger partial charge in [-0.1, -0.05) is 0 Å². The Labute approximate surface area is 122 Å². The zero-order valence-corrected chi connectivity index (χ0v) is 12.9. The van der Waals surface area contributed by atoms with E-state index in [1.54, 1.807) is 6.07 Å². The second-order valence-electron chi connectivity index (χ2n) is 3.82. The fourth-order valence-corrected chi connectivity index (χ4v) is 3.78. The summed E-state index contributed by atoms with van der Waals surface area (Å²) < 4.78 is 0.896. The van der Waals surface area contributed by atoms with Crippen LogP contribution in [0.2, 0.25) is 0 Å². The minimum absolute atomic E-state index is 0.154. The number of hydrogen-bond donors (Lipinski definition) is 2. The zero-order chi connectivity index (χ0) is 13.1. The Hall–Kier alpha value is -0.690. The Morgan fingerprint density at radius 2 is 2.33 bits per heavy atom. The molecule has 0 aromatic carbocycles. The first-order chi connectivity index (χ1) is 8.58. The highest BCUT2D eigenvalue weighted by atomic mass is 79.9. The van der Waals surface area contributed by atoms with Crippen molar-refractivity contribution in [3.8, 4) is 0 Å². The van der Waals surface area contributed by atoms with E-state index in [4.69, 9.17) is 0 Å². The highest BCUT2D eigenvalue weighted by molar-refractivity contribution is 9.10. The average molecular weight is 346 g/mol. The Balaban J connectivity index is 1.92. The molecule has 0 unspecified atom stereocenters. The van der Waals surface area contributed by atoms with E-state index >= 15 is 0 Å². The number of aliphatic hydroxyl groups excluding tert-OH is 1. The Kier molecular flexibility index (Phi) is 4.55. The van der Waals surface area contributed by atoms with E-state index in [-0.39, 0.29) is 12.5 Å². The molecule has 6 heteroatoms. The van der Waals surface area contributed by atoms with Gasteiger partial charge in [0.15, 0.2) is 0 Å². The lowest BCUT2D eigenvalue weighted by atomic mass is 10.2. The number of aryl methyl sites for hydroxylation is 1. The van der Waals surface area contributed by atoms with Crippen LogP contribution in [-0.2, 0) is 0 Å². The van der Waals surface area contributed by atoms with E-state index < -0.39 is 6.10 Å². The van der Waals surface area contributed by atoms with Crippen molar-refractivity contribution in [3.05, 3.63) is 42.7 Å². The Bertz CT molecular complexity index is 550. The first kappa shape index (κ1) is 13.7. The van der Waals surface area contributed by atoms with Crippen molar-refractivity contribution in [2.45, 2.75) is 13.0 Å². The van der Waals surface area contributed by atoms with E-state index in [0.717, 1.165) is 14.9 Å². The van der Waals surface area contributed by atoms with E-state index in [0.29, 0.717) is 4.88 Å². The number of halogens is 1. The summed E-state index contributed by atoms with van der Waals surface area (Å²) in [5.41, 5.74) is 1.06. The minimum atomic E-state index is -0.641. The van der Waals surface area contributed by atoms with Crippen LogP contribution in [0.5, 0.6) is 0 Å². The van der Waals surface area contributed by atoms with Crippen molar-refractivity contribution in [2.75, 3.05) is 6.54 Å². The highest BCUT2D eigenvalue weighted by Gasteiger charge is 2.14. The summed E-state index contributed by atoms with van der Waals surface area (Å²) >= 11 is 6.18. The van der Waals surface area contributed by atoms with Gasteiger partial charge in [0.25, 0.3) is 5.91 Å². The fraction of sp³-hybridized carbons (Fsp3) is 0.250. The first-order valence-corrected chi connectivity index (χ1v) is 7.87. The van der Waals surface area contributed by atoms with Crippen LogP contribution in [0.15, 0.2) is 27.4 Å². The standard InChI is InChI=1S/C12H12BrNO2S2/c1-7-2-3-17-11(7)9(15)5-14-12(16)10-4-8(13)6-18-10/h2-4,6,9,15H,5H2,1H3,(H,14,16)/t9-/m1/s1. The van der Waals surface area contributed by atoms with Crippen molar-refractivity contribution in [1.82, 2.24) is 5.32 Å². The molecule has 0 saturated carbocycles. The van der Waals surface area contributed by atoms with Crippen molar-refractivity contribution < 1.29 is 9.90 Å². The molecule has 18 heavy (non-hydrogen) atoms. The normalized spacial score (nSPS) is 12.4. The molecule has 96 valence electrons. The van der Waals surface area contributed by atoms with Crippen LogP contribution >= 0.6 is 38.6 Å². The average Bonchev–Trinajstić information content (AvgIpc) is 2.94. The van der Waals surface area contributed by atoms with Gasteiger partial charge >= 0.3 is 0 Å². The van der Waals surface area contributed by atoms with Gasteiger partial charge in [0.05, 0.1) is 4.88 Å². The monoisotopic (exact) mass is 345 g/mol. The predicted octanol–water partition coefficient (Wildman–Crippen LogP) is 3.34. The number of amides is 1. The molecular weight excluding hydrogens is 334 g/mol. The number of nitrogens with one attached hydrogen (secondary N) is 1. The SMILES string of the molecule is Cc1ccsc1[C@H](O)CNC(=O)c1cc(Br)cs1. The molecule has 2 rings (SSSR count). The van der Waals surface area contributed by atoms with Gasteiger partial charge in [-0.2, -0.15) is 0 Å². The molecule has 0 bridgehead atoms. The summed E-state index contributed by atoms with van der Waals surface area (Å²) in [6, 6.07) is 3.73. The molecule has 3 nitrogen and oxygen atoms in total. The molecule has 0 spiro atoms. The van der Waals surface area contributed by atoms with Crippen LogP contribution in [0, 0.1) is 6.92 Å². The first-order valence-electron chi connectivity index (χ1n) is 5.32. The molecule has 0 aliphatic heterocycles. The predicted molar refractivity (Wildman–Crippen MR) is 78.4 cm³/mol. The molecule has 2 N–H and O–H groups in total. The maximum atomic E-state index is 11.8. The Morgan fingerprint density at radius 1 is 1.56 bits per heavy atom. The zero-order valence-electron chi connectivity index (χ0n) is 9.64. The highest BCUT2D eigenvalue weighted by Crippen LogP contribution is 2.23. The number of carbonyl (C=O) groups is 1. The molecule has 1 atom stereocenters. The summed E-state index contributed by atoms with van der Waals surface area (Å²) in [5.74, 6) is -0.154.